The lowest BCUT2D eigenvalue weighted by molar-refractivity contribution is 0.669. The van der Waals surface area contributed by atoms with Crippen LogP contribution in [0, 0.1) is 0 Å². The lowest BCUT2D eigenvalue weighted by Crippen LogP contribution is -2.26. The standard InChI is InChI=1S/C112H64O/c1-2-21-67-64-103-96(60-66(67)20-1)94-54-46-72-56-68(40-48-79(72)108(94)111(103)99-35-14-9-28-84(99)85-29-10-15-36-100(85)111)65-23-19-24-76(58-65)106-89-33-7-8-34-90(89)107(77-47-55-105-97(63-77)88-32-13-18-39-104(88)113-105)98-61-70(42-51-91(98)106)69-41-49-80-73(57-69)44-52-92-93-53-45-74-59-75(95-62-71-22-3-4-25-78(71)82-26-5-6-27-83(82)95)43-50-81(74)110(93)112(109(80)92)101-37-16-11-30-86(101)87-31-12-17-38-102(87)112/h1-64H. The van der Waals surface area contributed by atoms with Crippen LogP contribution in [0.5, 0.6) is 0 Å². The van der Waals surface area contributed by atoms with E-state index in [1.165, 1.54) is 220 Å². The Morgan fingerprint density at radius 1 is 0.150 bits per heavy atom. The van der Waals surface area contributed by atoms with Gasteiger partial charge in [0.1, 0.15) is 11.2 Å². The van der Waals surface area contributed by atoms with Crippen molar-refractivity contribution in [2.45, 2.75) is 10.8 Å². The highest BCUT2D eigenvalue weighted by atomic mass is 16.3. The Morgan fingerprint density at radius 3 is 1.15 bits per heavy atom. The molecule has 26 rings (SSSR count). The van der Waals surface area contributed by atoms with Crippen LogP contribution in [-0.2, 0) is 10.8 Å². The predicted molar refractivity (Wildman–Crippen MR) is 474 cm³/mol. The summed E-state index contributed by atoms with van der Waals surface area (Å²) < 4.78 is 6.54. The Morgan fingerprint density at radius 2 is 0.531 bits per heavy atom. The molecule has 0 saturated carbocycles. The van der Waals surface area contributed by atoms with E-state index >= 15 is 0 Å². The maximum Gasteiger partial charge on any atom is 0.135 e. The van der Waals surface area contributed by atoms with Gasteiger partial charge in [0.05, 0.1) is 10.8 Å². The van der Waals surface area contributed by atoms with Crippen molar-refractivity contribution in [2.24, 2.45) is 0 Å². The molecule has 4 aliphatic rings. The quantitative estimate of drug-likeness (QED) is 0.124. The number of fused-ring (bicyclic) bond motifs is 35. The van der Waals surface area contributed by atoms with E-state index in [2.05, 4.69) is 388 Å². The van der Waals surface area contributed by atoms with E-state index in [0.717, 1.165) is 33.1 Å². The molecule has 0 saturated heterocycles. The van der Waals surface area contributed by atoms with E-state index in [0.29, 0.717) is 0 Å². The van der Waals surface area contributed by atoms with Crippen LogP contribution in [0.1, 0.15) is 44.5 Å². The summed E-state index contributed by atoms with van der Waals surface area (Å²) in [6, 6.07) is 148. The van der Waals surface area contributed by atoms with E-state index < -0.39 is 10.8 Å². The normalized spacial score (nSPS) is 13.6. The van der Waals surface area contributed by atoms with Crippen LogP contribution >= 0.6 is 0 Å². The van der Waals surface area contributed by atoms with Gasteiger partial charge in [-0.15, -0.1) is 0 Å². The Bertz CT molecular complexity index is 7980. The summed E-state index contributed by atoms with van der Waals surface area (Å²) in [5.74, 6) is 0. The molecule has 22 aromatic rings. The number of rotatable bonds is 5. The minimum Gasteiger partial charge on any atom is -0.456 e. The predicted octanol–water partition coefficient (Wildman–Crippen LogP) is 29.8. The molecule has 0 atom stereocenters. The first-order chi connectivity index (χ1) is 56.0. The molecule has 0 fully saturated rings. The summed E-state index contributed by atoms with van der Waals surface area (Å²) in [5, 5.41) is 22.1. The molecule has 1 heterocycles. The third-order valence-corrected chi connectivity index (χ3v) is 26.5. The highest BCUT2D eigenvalue weighted by Gasteiger charge is 2.55. The summed E-state index contributed by atoms with van der Waals surface area (Å²) in [4.78, 5) is 0. The minimum atomic E-state index is -0.596. The van der Waals surface area contributed by atoms with Crippen LogP contribution in [0.15, 0.2) is 393 Å². The number of furan rings is 1. The van der Waals surface area contributed by atoms with Gasteiger partial charge < -0.3 is 4.42 Å². The number of para-hydroxylation sites is 1. The molecule has 0 N–H and O–H groups in total. The topological polar surface area (TPSA) is 13.1 Å². The summed E-state index contributed by atoms with van der Waals surface area (Å²) in [6.07, 6.45) is 0. The van der Waals surface area contributed by atoms with Crippen LogP contribution in [0.2, 0.25) is 0 Å². The van der Waals surface area contributed by atoms with Gasteiger partial charge in [-0.25, -0.2) is 0 Å². The molecule has 1 aromatic heterocycles. The molecule has 0 aliphatic heterocycles. The van der Waals surface area contributed by atoms with Gasteiger partial charge in [-0.05, 0) is 298 Å². The van der Waals surface area contributed by atoms with E-state index in [1.54, 1.807) is 0 Å². The largest absolute Gasteiger partial charge is 0.456 e. The average Bonchev–Trinajstić information content (AvgIpc) is 1.50. The average molecular weight is 1430 g/mol. The zero-order chi connectivity index (χ0) is 73.5. The fourth-order valence-electron chi connectivity index (χ4n) is 22.0. The molecule has 0 unspecified atom stereocenters. The molecular weight excluding hydrogens is 1360 g/mol. The van der Waals surface area contributed by atoms with Crippen molar-refractivity contribution in [3.63, 3.8) is 0 Å². The molecule has 518 valence electrons. The van der Waals surface area contributed by atoms with Crippen LogP contribution < -0.4 is 0 Å². The molecule has 0 bridgehead atoms. The van der Waals surface area contributed by atoms with E-state index in [1.807, 2.05) is 0 Å². The molecule has 0 amide bonds. The van der Waals surface area contributed by atoms with Crippen LogP contribution in [0.3, 0.4) is 0 Å². The van der Waals surface area contributed by atoms with Gasteiger partial charge in [0.15, 0.2) is 0 Å². The Kier molecular flexibility index (Phi) is 12.3. The van der Waals surface area contributed by atoms with Gasteiger partial charge in [0, 0.05) is 10.8 Å². The fourth-order valence-corrected chi connectivity index (χ4v) is 22.0. The molecule has 1 heteroatoms. The summed E-state index contributed by atoms with van der Waals surface area (Å²) >= 11 is 0. The number of hydrogen-bond donors (Lipinski definition) is 0. The third-order valence-electron chi connectivity index (χ3n) is 26.5. The summed E-state index contributed by atoms with van der Waals surface area (Å²) in [7, 11) is 0. The highest BCUT2D eigenvalue weighted by molar-refractivity contribution is 6.24. The fraction of sp³-hybridized carbons (Fsp3) is 0.0179. The van der Waals surface area contributed by atoms with Crippen LogP contribution in [0.25, 0.3) is 208 Å². The molecule has 0 radical (unpaired) electrons. The first-order valence-electron chi connectivity index (χ1n) is 39.6. The van der Waals surface area contributed by atoms with E-state index in [-0.39, 0.29) is 0 Å². The molecular formula is C112H64O. The van der Waals surface area contributed by atoms with Gasteiger partial charge in [-0.1, -0.05) is 322 Å². The van der Waals surface area contributed by atoms with Crippen molar-refractivity contribution >= 4 is 108 Å². The molecule has 2 spiro atoms. The van der Waals surface area contributed by atoms with Gasteiger partial charge in [-0.3, -0.25) is 0 Å². The zero-order valence-electron chi connectivity index (χ0n) is 61.4. The van der Waals surface area contributed by atoms with Gasteiger partial charge >= 0.3 is 0 Å². The number of hydrogen-bond acceptors (Lipinski definition) is 1. The van der Waals surface area contributed by atoms with Crippen LogP contribution in [0.4, 0.5) is 0 Å². The van der Waals surface area contributed by atoms with Gasteiger partial charge in [0.25, 0.3) is 0 Å². The first kappa shape index (κ1) is 61.4. The Labute approximate surface area is 651 Å². The van der Waals surface area contributed by atoms with E-state index in [4.69, 9.17) is 4.42 Å². The molecule has 21 aromatic carbocycles. The highest BCUT2D eigenvalue weighted by Crippen LogP contribution is 2.68. The second-order valence-electron chi connectivity index (χ2n) is 31.8. The van der Waals surface area contributed by atoms with Crippen molar-refractivity contribution < 1.29 is 4.42 Å². The second kappa shape index (κ2) is 22.6. The summed E-state index contributed by atoms with van der Waals surface area (Å²) in [5.41, 5.74) is 33.8. The van der Waals surface area contributed by atoms with Crippen molar-refractivity contribution in [3.05, 3.63) is 433 Å². The third kappa shape index (κ3) is 8.14. The Hall–Kier alpha value is -14.5. The first-order valence-corrected chi connectivity index (χ1v) is 39.6. The second-order valence-corrected chi connectivity index (χ2v) is 31.8. The minimum absolute atomic E-state index is 0.490. The monoisotopic (exact) mass is 1420 g/mol. The smallest absolute Gasteiger partial charge is 0.135 e. The maximum atomic E-state index is 6.54. The van der Waals surface area contributed by atoms with Crippen LogP contribution in [-0.4, -0.2) is 0 Å². The van der Waals surface area contributed by atoms with Crippen molar-refractivity contribution in [1.29, 1.82) is 0 Å². The van der Waals surface area contributed by atoms with E-state index in [9.17, 15) is 0 Å². The van der Waals surface area contributed by atoms with Gasteiger partial charge in [0.2, 0.25) is 0 Å². The van der Waals surface area contributed by atoms with Crippen molar-refractivity contribution in [3.8, 4) is 100 Å². The maximum absolute atomic E-state index is 6.54. The lowest BCUT2D eigenvalue weighted by atomic mass is 9.68. The Balaban J connectivity index is 0.648. The molecule has 4 aliphatic carbocycles. The van der Waals surface area contributed by atoms with Crippen molar-refractivity contribution in [2.75, 3.05) is 0 Å². The van der Waals surface area contributed by atoms with Crippen molar-refractivity contribution in [1.82, 2.24) is 0 Å². The SMILES string of the molecule is c1cc(-c2ccc3c4c(ccc3c2)-c2cc3ccccc3cc2C42c3ccccc3-c3ccccc32)cc(-c2c3ccccc3c(-c3ccc4oc5ccccc5c4c3)c3cc(-c4ccc5c6c(ccc5c4)-c4ccc5cc(-c7cc8ccccc8c8ccccc78)ccc5c4C64c5ccccc5-c5ccccc54)ccc23)c1. The number of benzene rings is 21. The van der Waals surface area contributed by atoms with Gasteiger partial charge in [-0.2, -0.15) is 0 Å². The molecule has 113 heavy (non-hydrogen) atoms. The zero-order valence-corrected chi connectivity index (χ0v) is 61.4. The molecule has 1 nitrogen and oxygen atoms in total. The summed E-state index contributed by atoms with van der Waals surface area (Å²) in [6.45, 7) is 0. The lowest BCUT2D eigenvalue weighted by Gasteiger charge is -2.32.